The molecule has 2 bridgehead atoms. The number of hydrogen-bond donors (Lipinski definition) is 1. The van der Waals surface area contributed by atoms with E-state index in [-0.39, 0.29) is 40.3 Å². The van der Waals surface area contributed by atoms with E-state index < -0.39 is 11.7 Å². The summed E-state index contributed by atoms with van der Waals surface area (Å²) < 4.78 is 16.4. The number of piperidine rings is 1. The number of hydrogen-bond acceptors (Lipinski definition) is 4. The Morgan fingerprint density at radius 1 is 0.951 bits per heavy atom. The lowest BCUT2D eigenvalue weighted by atomic mass is 9.83. The minimum Gasteiger partial charge on any atom is -0.369 e. The number of anilines is 2. The first kappa shape index (κ1) is 27.5. The second kappa shape index (κ2) is 11.7. The van der Waals surface area contributed by atoms with Crippen LogP contribution in [-0.4, -0.2) is 47.5 Å². The Hall–Kier alpha value is -3.65. The molecule has 2 fully saturated rings. The van der Waals surface area contributed by atoms with Crippen LogP contribution in [0.1, 0.15) is 59.6 Å². The average molecular weight is 577 g/mol. The molecule has 0 aliphatic carbocycles. The van der Waals surface area contributed by atoms with Crippen LogP contribution in [0.4, 0.5) is 15.8 Å². The second-order valence-corrected chi connectivity index (χ2v) is 11.9. The zero-order valence-corrected chi connectivity index (χ0v) is 23.7. The third-order valence-electron chi connectivity index (χ3n) is 8.63. The molecular formula is C32H34ClFN4O3. The van der Waals surface area contributed by atoms with Gasteiger partial charge in [0.15, 0.2) is 0 Å². The molecule has 1 N–H and O–H groups in total. The van der Waals surface area contributed by atoms with Gasteiger partial charge >= 0.3 is 0 Å². The summed E-state index contributed by atoms with van der Waals surface area (Å²) in [5.74, 6) is -0.534. The maximum atomic E-state index is 14.5. The fraction of sp³-hybridized carbons (Fsp3) is 0.406. The normalized spacial score (nSPS) is 20.2. The molecule has 2 atom stereocenters. The van der Waals surface area contributed by atoms with E-state index in [0.717, 1.165) is 63.1 Å². The minimum atomic E-state index is -0.532. The van der Waals surface area contributed by atoms with Crippen LogP contribution >= 0.6 is 11.6 Å². The van der Waals surface area contributed by atoms with Gasteiger partial charge in [-0.25, -0.2) is 4.39 Å². The maximum Gasteiger partial charge on any atom is 0.253 e. The molecule has 0 spiro atoms. The Bertz CT molecular complexity index is 1510. The number of amides is 2. The zero-order chi connectivity index (χ0) is 28.5. The fourth-order valence-electron chi connectivity index (χ4n) is 6.65. The molecule has 6 rings (SSSR count). The van der Waals surface area contributed by atoms with E-state index in [4.69, 9.17) is 11.6 Å². The van der Waals surface area contributed by atoms with E-state index in [1.807, 2.05) is 33.7 Å². The van der Waals surface area contributed by atoms with Crippen LogP contribution in [-0.2, 0) is 17.8 Å². The number of nitrogens with one attached hydrogen (secondary N) is 1. The van der Waals surface area contributed by atoms with E-state index in [1.54, 1.807) is 18.2 Å². The summed E-state index contributed by atoms with van der Waals surface area (Å²) in [7, 11) is 0. The van der Waals surface area contributed by atoms with E-state index in [2.05, 4.69) is 10.2 Å². The molecule has 2 amide bonds. The van der Waals surface area contributed by atoms with Gasteiger partial charge in [0.1, 0.15) is 5.82 Å². The largest absolute Gasteiger partial charge is 0.369 e. The highest BCUT2D eigenvalue weighted by molar-refractivity contribution is 6.31. The number of carbonyl (C=O) groups excluding carboxylic acids is 2. The van der Waals surface area contributed by atoms with Gasteiger partial charge in [-0.15, -0.1) is 0 Å². The lowest BCUT2D eigenvalue weighted by Gasteiger charge is -2.44. The van der Waals surface area contributed by atoms with Crippen molar-refractivity contribution in [2.75, 3.05) is 36.4 Å². The fourth-order valence-corrected chi connectivity index (χ4v) is 6.88. The molecule has 1 aromatic heterocycles. The Balaban J connectivity index is 1.31. The molecule has 2 aromatic carbocycles. The maximum absolute atomic E-state index is 14.5. The van der Waals surface area contributed by atoms with Gasteiger partial charge in [0.2, 0.25) is 5.91 Å². The second-order valence-electron chi connectivity index (χ2n) is 11.5. The molecule has 3 aromatic rings. The number of halogens is 2. The molecule has 0 saturated carbocycles. The topological polar surface area (TPSA) is 74.7 Å². The number of benzene rings is 2. The highest BCUT2D eigenvalue weighted by atomic mass is 35.5. The van der Waals surface area contributed by atoms with Crippen LogP contribution in [0.3, 0.4) is 0 Å². The Morgan fingerprint density at radius 2 is 1.73 bits per heavy atom. The lowest BCUT2D eigenvalue weighted by molar-refractivity contribution is -0.115. The predicted molar refractivity (Wildman–Crippen MR) is 158 cm³/mol. The van der Waals surface area contributed by atoms with Crippen LogP contribution in [0.5, 0.6) is 0 Å². The van der Waals surface area contributed by atoms with Crippen LogP contribution in [0.15, 0.2) is 59.4 Å². The number of rotatable bonds is 5. The van der Waals surface area contributed by atoms with Gasteiger partial charge in [-0.3, -0.25) is 14.4 Å². The summed E-state index contributed by atoms with van der Waals surface area (Å²) in [6.45, 7) is 3.51. The standard InChI is InChI=1S/C32H34ClFN4O3/c33-25-7-5-8-26(34)24(25)17-30(39)35-27-16-22(32(41)36-13-3-1-2-4-14-36)11-12-29(27)37-18-21-15-23(20-37)28-9-6-10-31(40)38(28)19-21/h5-12,16,21,23H,1-4,13-15,17-20H2,(H,35,39). The molecule has 3 aliphatic heterocycles. The molecule has 4 heterocycles. The van der Waals surface area contributed by atoms with Gasteiger partial charge in [0.25, 0.3) is 11.5 Å². The number of carbonyl (C=O) groups is 2. The highest BCUT2D eigenvalue weighted by Crippen LogP contribution is 2.39. The predicted octanol–water partition coefficient (Wildman–Crippen LogP) is 5.46. The first-order chi connectivity index (χ1) is 19.9. The summed E-state index contributed by atoms with van der Waals surface area (Å²) in [5.41, 5.74) is 3.05. The molecule has 9 heteroatoms. The van der Waals surface area contributed by atoms with Crippen LogP contribution in [0.2, 0.25) is 5.02 Å². The monoisotopic (exact) mass is 576 g/mol. The van der Waals surface area contributed by atoms with Crippen molar-refractivity contribution in [1.29, 1.82) is 0 Å². The van der Waals surface area contributed by atoms with E-state index >= 15 is 0 Å². The average Bonchev–Trinajstić information content (AvgIpc) is 3.25. The summed E-state index contributed by atoms with van der Waals surface area (Å²) >= 11 is 6.20. The molecule has 41 heavy (non-hydrogen) atoms. The molecule has 2 saturated heterocycles. The van der Waals surface area contributed by atoms with Crippen molar-refractivity contribution in [2.24, 2.45) is 5.92 Å². The van der Waals surface area contributed by atoms with Crippen molar-refractivity contribution in [3.8, 4) is 0 Å². The van der Waals surface area contributed by atoms with E-state index in [9.17, 15) is 18.8 Å². The van der Waals surface area contributed by atoms with Crippen LogP contribution in [0.25, 0.3) is 0 Å². The molecule has 0 radical (unpaired) electrons. The van der Waals surface area contributed by atoms with Crippen molar-refractivity contribution in [1.82, 2.24) is 9.47 Å². The number of nitrogens with zero attached hydrogens (tertiary/aromatic N) is 3. The first-order valence-corrected chi connectivity index (χ1v) is 14.9. The summed E-state index contributed by atoms with van der Waals surface area (Å²) in [4.78, 5) is 43.4. The Labute approximate surface area is 243 Å². The van der Waals surface area contributed by atoms with Crippen LogP contribution in [0, 0.1) is 11.7 Å². The van der Waals surface area contributed by atoms with E-state index in [1.165, 1.54) is 12.1 Å². The third kappa shape index (κ3) is 5.75. The first-order valence-electron chi connectivity index (χ1n) is 14.5. The lowest BCUT2D eigenvalue weighted by Crippen LogP contribution is -2.47. The Morgan fingerprint density at radius 3 is 2.51 bits per heavy atom. The van der Waals surface area contributed by atoms with Gasteiger partial charge in [-0.2, -0.15) is 0 Å². The number of likely N-dealkylation sites (tertiary alicyclic amines) is 1. The summed E-state index contributed by atoms with van der Waals surface area (Å²) in [6.07, 6.45) is 4.98. The van der Waals surface area contributed by atoms with Gasteiger partial charge < -0.3 is 19.7 Å². The smallest absolute Gasteiger partial charge is 0.253 e. The van der Waals surface area contributed by atoms with Crippen molar-refractivity contribution in [2.45, 2.75) is 51.0 Å². The zero-order valence-electron chi connectivity index (χ0n) is 23.0. The molecule has 214 valence electrons. The van der Waals surface area contributed by atoms with Gasteiger partial charge in [0, 0.05) is 66.6 Å². The van der Waals surface area contributed by atoms with Gasteiger partial charge in [0.05, 0.1) is 17.8 Å². The molecule has 7 nitrogen and oxygen atoms in total. The van der Waals surface area contributed by atoms with Crippen molar-refractivity contribution < 1.29 is 14.0 Å². The molecule has 2 unspecified atom stereocenters. The molecule has 3 aliphatic rings. The van der Waals surface area contributed by atoms with Crippen molar-refractivity contribution in [3.05, 3.63) is 92.6 Å². The highest BCUT2D eigenvalue weighted by Gasteiger charge is 2.35. The quantitative estimate of drug-likeness (QED) is 0.438. The summed E-state index contributed by atoms with van der Waals surface area (Å²) in [5, 5.41) is 3.18. The molecular weight excluding hydrogens is 543 g/mol. The van der Waals surface area contributed by atoms with Crippen LogP contribution < -0.4 is 15.8 Å². The van der Waals surface area contributed by atoms with Crippen molar-refractivity contribution >= 4 is 34.8 Å². The number of fused-ring (bicyclic) bond motifs is 4. The van der Waals surface area contributed by atoms with Crippen molar-refractivity contribution in [3.63, 3.8) is 0 Å². The summed E-state index contributed by atoms with van der Waals surface area (Å²) in [6, 6.07) is 15.3. The third-order valence-corrected chi connectivity index (χ3v) is 8.98. The number of aromatic nitrogens is 1. The SMILES string of the molecule is O=C(Cc1c(F)cccc1Cl)Nc1cc(C(=O)N2CCCCCC2)ccc1N1CC2CC(C1)c1cccc(=O)n1C2. The van der Waals surface area contributed by atoms with Gasteiger partial charge in [-0.1, -0.05) is 36.6 Å². The Kier molecular flexibility index (Phi) is 7.84. The number of pyridine rings is 1. The van der Waals surface area contributed by atoms with Gasteiger partial charge in [-0.05, 0) is 61.6 Å². The van der Waals surface area contributed by atoms with E-state index in [0.29, 0.717) is 24.3 Å². The minimum absolute atomic E-state index is 0.0294.